The Morgan fingerprint density at radius 3 is 2.71 bits per heavy atom. The largest absolute Gasteiger partial charge is 0.486 e. The van der Waals surface area contributed by atoms with Gasteiger partial charge in [0.05, 0.1) is 11.0 Å². The van der Waals surface area contributed by atoms with Gasteiger partial charge >= 0.3 is 0 Å². The van der Waals surface area contributed by atoms with Crippen molar-refractivity contribution in [2.75, 3.05) is 38.2 Å². The van der Waals surface area contributed by atoms with Gasteiger partial charge in [0.25, 0.3) is 5.69 Å². The molecule has 2 aliphatic rings. The molecule has 7 nitrogen and oxygen atoms in total. The van der Waals surface area contributed by atoms with E-state index in [0.29, 0.717) is 36.9 Å². The van der Waals surface area contributed by atoms with Crippen molar-refractivity contribution in [3.8, 4) is 11.5 Å². The summed E-state index contributed by atoms with van der Waals surface area (Å²) in [4.78, 5) is 10.8. The highest BCUT2D eigenvalue weighted by atomic mass is 16.6. The summed E-state index contributed by atoms with van der Waals surface area (Å²) in [6, 6.07) is 3.07. The third-order valence-electron chi connectivity index (χ3n) is 3.52. The van der Waals surface area contributed by atoms with Crippen LogP contribution in [0, 0.1) is 10.1 Å². The van der Waals surface area contributed by atoms with E-state index in [1.807, 2.05) is 0 Å². The number of nitrogens with one attached hydrogen (secondary N) is 2. The highest BCUT2D eigenvalue weighted by Crippen LogP contribution is 2.39. The number of fused-ring (bicyclic) bond motifs is 1. The normalized spacial score (nSPS) is 17.0. The van der Waals surface area contributed by atoms with E-state index in [0.717, 1.165) is 19.5 Å². The number of hydrogen-bond acceptors (Lipinski definition) is 6. The first-order valence-corrected chi connectivity index (χ1v) is 6.94. The molecule has 7 heteroatoms. The van der Waals surface area contributed by atoms with Crippen molar-refractivity contribution in [3.63, 3.8) is 0 Å². The summed E-state index contributed by atoms with van der Waals surface area (Å²) in [6.45, 7) is 3.26. The van der Waals surface area contributed by atoms with Crippen LogP contribution in [0.4, 0.5) is 11.4 Å². The average Bonchev–Trinajstić information content (AvgIpc) is 2.53. The van der Waals surface area contributed by atoms with E-state index in [4.69, 9.17) is 9.47 Å². The lowest BCUT2D eigenvalue weighted by atomic mass is 10.1. The molecule has 112 valence electrons. The van der Waals surface area contributed by atoms with Crippen molar-refractivity contribution in [1.29, 1.82) is 0 Å². The van der Waals surface area contributed by atoms with Crippen molar-refractivity contribution in [2.45, 2.75) is 6.42 Å². The first kappa shape index (κ1) is 13.7. The van der Waals surface area contributed by atoms with E-state index < -0.39 is 4.92 Å². The molecule has 1 aromatic carbocycles. The van der Waals surface area contributed by atoms with E-state index in [2.05, 4.69) is 16.7 Å². The molecule has 0 saturated carbocycles. The van der Waals surface area contributed by atoms with Crippen LogP contribution < -0.4 is 20.1 Å². The molecule has 0 spiro atoms. The van der Waals surface area contributed by atoms with Crippen molar-refractivity contribution in [3.05, 3.63) is 33.9 Å². The summed E-state index contributed by atoms with van der Waals surface area (Å²) in [5, 5.41) is 17.6. The Morgan fingerprint density at radius 2 is 2.05 bits per heavy atom. The van der Waals surface area contributed by atoms with Crippen LogP contribution >= 0.6 is 0 Å². The fourth-order valence-corrected chi connectivity index (χ4v) is 2.41. The third-order valence-corrected chi connectivity index (χ3v) is 3.52. The topological polar surface area (TPSA) is 85.7 Å². The van der Waals surface area contributed by atoms with Gasteiger partial charge in [-0.05, 0) is 13.0 Å². The van der Waals surface area contributed by atoms with Gasteiger partial charge < -0.3 is 20.1 Å². The van der Waals surface area contributed by atoms with Crippen LogP contribution in [0.25, 0.3) is 0 Å². The standard InChI is InChI=1S/C14H17N3O4/c18-17(19)12-8-14-13(20-5-6-21-14)7-11(12)16-9-10-1-3-15-4-2-10/h1,7-8,15-16H,2-6,9H2. The summed E-state index contributed by atoms with van der Waals surface area (Å²) in [5.74, 6) is 0.980. The molecule has 0 radical (unpaired) electrons. The average molecular weight is 291 g/mol. The maximum Gasteiger partial charge on any atom is 0.296 e. The van der Waals surface area contributed by atoms with Gasteiger partial charge in [-0.3, -0.25) is 10.1 Å². The highest BCUT2D eigenvalue weighted by molar-refractivity contribution is 5.69. The number of nitro groups is 1. The number of rotatable bonds is 4. The number of ether oxygens (including phenoxy) is 2. The van der Waals surface area contributed by atoms with E-state index >= 15 is 0 Å². The minimum atomic E-state index is -0.405. The van der Waals surface area contributed by atoms with E-state index in [9.17, 15) is 10.1 Å². The Kier molecular flexibility index (Phi) is 3.92. The monoisotopic (exact) mass is 291 g/mol. The Morgan fingerprint density at radius 1 is 1.29 bits per heavy atom. The SMILES string of the molecule is O=[N+]([O-])c1cc2c(cc1NCC1=CCNCC1)OCCO2. The van der Waals surface area contributed by atoms with Crippen molar-refractivity contribution < 1.29 is 14.4 Å². The Balaban J connectivity index is 1.82. The van der Waals surface area contributed by atoms with Crippen molar-refractivity contribution in [1.82, 2.24) is 5.32 Å². The predicted molar refractivity (Wildman–Crippen MR) is 78.1 cm³/mol. The van der Waals surface area contributed by atoms with E-state index in [-0.39, 0.29) is 5.69 Å². The lowest BCUT2D eigenvalue weighted by Gasteiger charge is -2.20. The van der Waals surface area contributed by atoms with Crippen LogP contribution in [-0.4, -0.2) is 37.8 Å². The molecule has 2 aliphatic heterocycles. The Hall–Kier alpha value is -2.28. The molecule has 0 fully saturated rings. The summed E-state index contributed by atoms with van der Waals surface area (Å²) >= 11 is 0. The molecule has 0 aromatic heterocycles. The summed E-state index contributed by atoms with van der Waals surface area (Å²) < 4.78 is 10.9. The Labute approximate surface area is 122 Å². The fourth-order valence-electron chi connectivity index (χ4n) is 2.41. The van der Waals surface area contributed by atoms with Crippen LogP contribution in [0.5, 0.6) is 11.5 Å². The van der Waals surface area contributed by atoms with Crippen LogP contribution in [0.3, 0.4) is 0 Å². The zero-order valence-electron chi connectivity index (χ0n) is 11.6. The molecule has 1 aromatic rings. The first-order chi connectivity index (χ1) is 10.2. The van der Waals surface area contributed by atoms with E-state index in [1.54, 1.807) is 6.07 Å². The number of nitrogens with zero attached hydrogens (tertiary/aromatic N) is 1. The molecule has 3 rings (SSSR count). The van der Waals surface area contributed by atoms with Crippen molar-refractivity contribution >= 4 is 11.4 Å². The first-order valence-electron chi connectivity index (χ1n) is 6.94. The molecule has 0 bridgehead atoms. The van der Waals surface area contributed by atoms with Gasteiger partial charge in [-0.2, -0.15) is 0 Å². The summed E-state index contributed by atoms with van der Waals surface area (Å²) in [6.07, 6.45) is 3.06. The van der Waals surface area contributed by atoms with Crippen molar-refractivity contribution in [2.24, 2.45) is 0 Å². The Bertz CT molecular complexity index is 586. The van der Waals surface area contributed by atoms with Gasteiger partial charge in [0.2, 0.25) is 0 Å². The summed E-state index contributed by atoms with van der Waals surface area (Å²) in [5.41, 5.74) is 1.72. The second kappa shape index (κ2) is 6.01. The number of anilines is 1. The number of benzene rings is 1. The maximum atomic E-state index is 11.2. The van der Waals surface area contributed by atoms with Crippen LogP contribution in [0.15, 0.2) is 23.8 Å². The minimum absolute atomic E-state index is 0.00813. The smallest absolute Gasteiger partial charge is 0.296 e. The molecule has 21 heavy (non-hydrogen) atoms. The van der Waals surface area contributed by atoms with Gasteiger partial charge in [-0.1, -0.05) is 11.6 Å². The maximum absolute atomic E-state index is 11.2. The minimum Gasteiger partial charge on any atom is -0.486 e. The fraction of sp³-hybridized carbons (Fsp3) is 0.429. The zero-order valence-corrected chi connectivity index (χ0v) is 11.6. The van der Waals surface area contributed by atoms with Crippen LogP contribution in [-0.2, 0) is 0 Å². The molecule has 0 aliphatic carbocycles. The molecule has 0 amide bonds. The molecular weight excluding hydrogens is 274 g/mol. The second-order valence-electron chi connectivity index (χ2n) is 4.94. The van der Waals surface area contributed by atoms with E-state index in [1.165, 1.54) is 11.6 Å². The lowest BCUT2D eigenvalue weighted by molar-refractivity contribution is -0.384. The molecule has 0 saturated heterocycles. The summed E-state index contributed by atoms with van der Waals surface area (Å²) in [7, 11) is 0. The quantitative estimate of drug-likeness (QED) is 0.499. The predicted octanol–water partition coefficient (Wildman–Crippen LogP) is 1.70. The van der Waals surface area contributed by atoms with Gasteiger partial charge in [0.1, 0.15) is 18.9 Å². The molecule has 2 heterocycles. The van der Waals surface area contributed by atoms with Gasteiger partial charge in [-0.25, -0.2) is 0 Å². The third kappa shape index (κ3) is 3.08. The number of hydrogen-bond donors (Lipinski definition) is 2. The van der Waals surface area contributed by atoms with Gasteiger partial charge in [0, 0.05) is 19.2 Å². The van der Waals surface area contributed by atoms with Crippen LogP contribution in [0.2, 0.25) is 0 Å². The molecule has 0 unspecified atom stereocenters. The molecule has 0 atom stereocenters. The van der Waals surface area contributed by atoms with Gasteiger partial charge in [0.15, 0.2) is 11.5 Å². The van der Waals surface area contributed by atoms with Gasteiger partial charge in [-0.15, -0.1) is 0 Å². The second-order valence-corrected chi connectivity index (χ2v) is 4.94. The molecular formula is C14H17N3O4. The molecule has 2 N–H and O–H groups in total. The highest BCUT2D eigenvalue weighted by Gasteiger charge is 2.22. The zero-order chi connectivity index (χ0) is 14.7. The van der Waals surface area contributed by atoms with Crippen LogP contribution in [0.1, 0.15) is 6.42 Å². The lowest BCUT2D eigenvalue weighted by Crippen LogP contribution is -2.23. The number of nitro benzene ring substituents is 1.